The van der Waals surface area contributed by atoms with Gasteiger partial charge in [-0.3, -0.25) is 4.84 Å². The number of rotatable bonds is 8. The molecule has 1 aromatic carbocycles. The van der Waals surface area contributed by atoms with Crippen molar-refractivity contribution in [2.75, 3.05) is 26.9 Å². The Hall–Kier alpha value is -0.950. The van der Waals surface area contributed by atoms with Crippen LogP contribution in [0.25, 0.3) is 0 Å². The predicted molar refractivity (Wildman–Crippen MR) is 68.1 cm³/mol. The van der Waals surface area contributed by atoms with E-state index in [1.165, 1.54) is 19.2 Å². The van der Waals surface area contributed by atoms with Crippen molar-refractivity contribution in [1.82, 2.24) is 4.47 Å². The second kappa shape index (κ2) is 7.48. The van der Waals surface area contributed by atoms with E-state index in [1.54, 1.807) is 31.5 Å². The van der Waals surface area contributed by atoms with Gasteiger partial charge in [0.25, 0.3) is 10.0 Å². The first-order valence-corrected chi connectivity index (χ1v) is 7.04. The molecule has 18 heavy (non-hydrogen) atoms. The average Bonchev–Trinajstić information content (AvgIpc) is 2.39. The normalized spacial score (nSPS) is 11.9. The van der Waals surface area contributed by atoms with E-state index in [0.717, 1.165) is 4.47 Å². The van der Waals surface area contributed by atoms with Crippen LogP contribution in [0.1, 0.15) is 6.92 Å². The van der Waals surface area contributed by atoms with Crippen LogP contribution >= 0.6 is 0 Å². The first kappa shape index (κ1) is 15.1. The SMILES string of the molecule is C[CH]CN(OCCOC)S(=O)(=O)c1ccccc1. The van der Waals surface area contributed by atoms with Crippen molar-refractivity contribution in [3.05, 3.63) is 36.8 Å². The lowest BCUT2D eigenvalue weighted by molar-refractivity contribution is -0.0937. The lowest BCUT2D eigenvalue weighted by Gasteiger charge is -2.20. The van der Waals surface area contributed by atoms with Gasteiger partial charge < -0.3 is 4.74 Å². The maximum Gasteiger partial charge on any atom is 0.265 e. The number of ether oxygens (including phenoxy) is 1. The number of benzene rings is 1. The molecule has 0 saturated carbocycles. The summed E-state index contributed by atoms with van der Waals surface area (Å²) in [4.78, 5) is 5.44. The Morgan fingerprint density at radius 2 is 1.89 bits per heavy atom. The second-order valence-corrected chi connectivity index (χ2v) is 5.37. The number of nitrogens with zero attached hydrogens (tertiary/aromatic N) is 1. The Kier molecular flexibility index (Phi) is 6.28. The van der Waals surface area contributed by atoms with Crippen molar-refractivity contribution < 1.29 is 18.0 Å². The van der Waals surface area contributed by atoms with Gasteiger partial charge in [-0.05, 0) is 18.6 Å². The monoisotopic (exact) mass is 272 g/mol. The van der Waals surface area contributed by atoms with Gasteiger partial charge in [0.05, 0.1) is 18.1 Å². The van der Waals surface area contributed by atoms with Crippen molar-refractivity contribution in [2.24, 2.45) is 0 Å². The molecule has 0 amide bonds. The Morgan fingerprint density at radius 1 is 1.22 bits per heavy atom. The molecule has 5 nitrogen and oxygen atoms in total. The van der Waals surface area contributed by atoms with Gasteiger partial charge in [-0.15, -0.1) is 0 Å². The van der Waals surface area contributed by atoms with Crippen LogP contribution in [0.5, 0.6) is 0 Å². The fourth-order valence-corrected chi connectivity index (χ4v) is 2.60. The van der Waals surface area contributed by atoms with Crippen molar-refractivity contribution in [3.8, 4) is 0 Å². The third-order valence-electron chi connectivity index (χ3n) is 2.16. The summed E-state index contributed by atoms with van der Waals surface area (Å²) >= 11 is 0. The van der Waals surface area contributed by atoms with E-state index in [1.807, 2.05) is 0 Å². The summed E-state index contributed by atoms with van der Waals surface area (Å²) in [7, 11) is -2.09. The highest BCUT2D eigenvalue weighted by Crippen LogP contribution is 2.15. The summed E-state index contributed by atoms with van der Waals surface area (Å²) in [5.74, 6) is 0. The molecule has 0 saturated heterocycles. The minimum Gasteiger partial charge on any atom is -0.382 e. The molecule has 0 aromatic heterocycles. The van der Waals surface area contributed by atoms with E-state index in [2.05, 4.69) is 0 Å². The summed E-state index contributed by atoms with van der Waals surface area (Å²) in [5, 5.41) is 0. The Bertz CT molecular complexity index is 433. The zero-order valence-electron chi connectivity index (χ0n) is 10.6. The van der Waals surface area contributed by atoms with Crippen molar-refractivity contribution in [1.29, 1.82) is 0 Å². The molecular formula is C12H18NO4S. The fourth-order valence-electron chi connectivity index (χ4n) is 1.30. The van der Waals surface area contributed by atoms with E-state index >= 15 is 0 Å². The Labute approximate surface area is 108 Å². The zero-order chi connectivity index (χ0) is 13.4. The van der Waals surface area contributed by atoms with Gasteiger partial charge in [0.15, 0.2) is 0 Å². The number of hydroxylamine groups is 1. The van der Waals surface area contributed by atoms with Crippen LogP contribution in [-0.2, 0) is 19.6 Å². The third kappa shape index (κ3) is 4.06. The van der Waals surface area contributed by atoms with Crippen LogP contribution < -0.4 is 0 Å². The molecule has 0 spiro atoms. The first-order valence-electron chi connectivity index (χ1n) is 5.60. The lowest BCUT2D eigenvalue weighted by atomic mass is 10.4. The molecule has 1 rings (SSSR count). The maximum absolute atomic E-state index is 12.3. The number of sulfonamides is 1. The second-order valence-electron chi connectivity index (χ2n) is 3.54. The van der Waals surface area contributed by atoms with E-state index in [4.69, 9.17) is 9.57 Å². The molecule has 0 aliphatic heterocycles. The van der Waals surface area contributed by atoms with E-state index in [-0.39, 0.29) is 18.0 Å². The molecule has 0 aliphatic carbocycles. The zero-order valence-corrected chi connectivity index (χ0v) is 11.4. The summed E-state index contributed by atoms with van der Waals surface area (Å²) in [6, 6.07) is 8.20. The highest BCUT2D eigenvalue weighted by Gasteiger charge is 2.24. The Balaban J connectivity index is 2.83. The van der Waals surface area contributed by atoms with Crippen LogP contribution in [0.15, 0.2) is 35.2 Å². The van der Waals surface area contributed by atoms with E-state index in [0.29, 0.717) is 6.61 Å². The minimum atomic E-state index is -3.62. The third-order valence-corrected chi connectivity index (χ3v) is 3.82. The molecule has 6 heteroatoms. The van der Waals surface area contributed by atoms with Crippen LogP contribution in [0.3, 0.4) is 0 Å². The number of hydrogen-bond acceptors (Lipinski definition) is 4. The molecule has 0 aliphatic rings. The van der Waals surface area contributed by atoms with Crippen LogP contribution in [0, 0.1) is 6.42 Å². The van der Waals surface area contributed by atoms with Gasteiger partial charge in [0.1, 0.15) is 0 Å². The lowest BCUT2D eigenvalue weighted by Crippen LogP contribution is -2.33. The van der Waals surface area contributed by atoms with E-state index in [9.17, 15) is 8.42 Å². The predicted octanol–water partition coefficient (Wildman–Crippen LogP) is 1.48. The minimum absolute atomic E-state index is 0.191. The molecule has 0 fully saturated rings. The van der Waals surface area contributed by atoms with Gasteiger partial charge >= 0.3 is 0 Å². The van der Waals surface area contributed by atoms with Crippen molar-refractivity contribution in [2.45, 2.75) is 11.8 Å². The molecule has 0 unspecified atom stereocenters. The summed E-state index contributed by atoms with van der Waals surface area (Å²) in [6.45, 7) is 2.50. The molecule has 0 heterocycles. The molecular weight excluding hydrogens is 254 g/mol. The summed E-state index contributed by atoms with van der Waals surface area (Å²) < 4.78 is 30.3. The van der Waals surface area contributed by atoms with Gasteiger partial charge in [-0.2, -0.15) is 0 Å². The number of hydrogen-bond donors (Lipinski definition) is 0. The molecule has 0 bridgehead atoms. The standard InChI is InChI=1S/C12H18NO4S/c1-3-9-13(17-11-10-16-2)18(14,15)12-7-5-4-6-8-12/h3-8H,9-11H2,1-2H3. The molecule has 0 N–H and O–H groups in total. The smallest absolute Gasteiger partial charge is 0.265 e. The van der Waals surface area contributed by atoms with Crippen LogP contribution in [0.2, 0.25) is 0 Å². The highest BCUT2D eigenvalue weighted by atomic mass is 32.2. The van der Waals surface area contributed by atoms with Gasteiger partial charge in [0.2, 0.25) is 0 Å². The molecule has 1 aromatic rings. The largest absolute Gasteiger partial charge is 0.382 e. The molecule has 0 atom stereocenters. The average molecular weight is 272 g/mol. The maximum atomic E-state index is 12.3. The van der Waals surface area contributed by atoms with E-state index < -0.39 is 10.0 Å². The van der Waals surface area contributed by atoms with Crippen LogP contribution in [0.4, 0.5) is 0 Å². The quantitative estimate of drug-likeness (QED) is 0.531. The van der Waals surface area contributed by atoms with Crippen LogP contribution in [-0.4, -0.2) is 39.8 Å². The molecule has 1 radical (unpaired) electrons. The van der Waals surface area contributed by atoms with Crippen molar-refractivity contribution in [3.63, 3.8) is 0 Å². The topological polar surface area (TPSA) is 55.8 Å². The van der Waals surface area contributed by atoms with Gasteiger partial charge in [-0.25, -0.2) is 8.42 Å². The summed E-state index contributed by atoms with van der Waals surface area (Å²) in [5.41, 5.74) is 0. The summed E-state index contributed by atoms with van der Waals surface area (Å²) in [6.07, 6.45) is 1.72. The highest BCUT2D eigenvalue weighted by molar-refractivity contribution is 7.89. The fraction of sp³-hybridized carbons (Fsp3) is 0.417. The Morgan fingerprint density at radius 3 is 2.44 bits per heavy atom. The number of methoxy groups -OCH3 is 1. The van der Waals surface area contributed by atoms with Gasteiger partial charge in [-0.1, -0.05) is 29.6 Å². The van der Waals surface area contributed by atoms with Crippen molar-refractivity contribution >= 4 is 10.0 Å². The first-order chi connectivity index (χ1) is 8.62. The molecule has 101 valence electrons. The van der Waals surface area contributed by atoms with Gasteiger partial charge in [0, 0.05) is 13.7 Å².